The highest BCUT2D eigenvalue weighted by molar-refractivity contribution is 5.77. The predicted octanol–water partition coefficient (Wildman–Crippen LogP) is 1.72. The van der Waals surface area contributed by atoms with E-state index < -0.39 is 0 Å². The van der Waals surface area contributed by atoms with E-state index in [1.807, 2.05) is 24.3 Å². The number of aryl methyl sites for hydroxylation is 1. The molecular formula is C12H17NO2. The SMILES string of the molecule is CCc1cccc(OCC(=O)N(C)C)c1. The van der Waals surface area contributed by atoms with Gasteiger partial charge < -0.3 is 9.64 Å². The number of ether oxygens (including phenoxy) is 1. The van der Waals surface area contributed by atoms with Crippen LogP contribution in [0.5, 0.6) is 5.75 Å². The Hall–Kier alpha value is -1.51. The van der Waals surface area contributed by atoms with Crippen molar-refractivity contribution in [3.63, 3.8) is 0 Å². The van der Waals surface area contributed by atoms with Gasteiger partial charge in [0, 0.05) is 14.1 Å². The summed E-state index contributed by atoms with van der Waals surface area (Å²) in [5, 5.41) is 0. The second-order valence-corrected chi connectivity index (χ2v) is 3.58. The monoisotopic (exact) mass is 207 g/mol. The Morgan fingerprint density at radius 3 is 2.73 bits per heavy atom. The van der Waals surface area contributed by atoms with E-state index in [2.05, 4.69) is 6.92 Å². The Balaban J connectivity index is 2.54. The number of hydrogen-bond donors (Lipinski definition) is 0. The molecule has 3 nitrogen and oxygen atoms in total. The molecule has 0 unspecified atom stereocenters. The number of rotatable bonds is 4. The van der Waals surface area contributed by atoms with Gasteiger partial charge in [0.15, 0.2) is 6.61 Å². The highest BCUT2D eigenvalue weighted by Gasteiger charge is 2.04. The third kappa shape index (κ3) is 3.62. The molecule has 0 spiro atoms. The summed E-state index contributed by atoms with van der Waals surface area (Å²) in [7, 11) is 3.43. The van der Waals surface area contributed by atoms with Gasteiger partial charge in [0.05, 0.1) is 0 Å². The Morgan fingerprint density at radius 1 is 1.40 bits per heavy atom. The Morgan fingerprint density at radius 2 is 2.13 bits per heavy atom. The van der Waals surface area contributed by atoms with Gasteiger partial charge in [0.2, 0.25) is 0 Å². The summed E-state index contributed by atoms with van der Waals surface area (Å²) < 4.78 is 5.38. The van der Waals surface area contributed by atoms with Gasteiger partial charge in [-0.25, -0.2) is 0 Å². The molecule has 3 heteroatoms. The molecule has 1 aromatic carbocycles. The van der Waals surface area contributed by atoms with Crippen LogP contribution in [0.15, 0.2) is 24.3 Å². The minimum atomic E-state index is -0.0306. The summed E-state index contributed by atoms with van der Waals surface area (Å²) in [4.78, 5) is 12.8. The number of carbonyl (C=O) groups excluding carboxylic acids is 1. The van der Waals surface area contributed by atoms with Crippen LogP contribution in [0.2, 0.25) is 0 Å². The van der Waals surface area contributed by atoms with E-state index in [-0.39, 0.29) is 12.5 Å². The third-order valence-corrected chi connectivity index (χ3v) is 2.17. The maximum atomic E-state index is 11.3. The van der Waals surface area contributed by atoms with Gasteiger partial charge in [-0.15, -0.1) is 0 Å². The summed E-state index contributed by atoms with van der Waals surface area (Å²) >= 11 is 0. The minimum Gasteiger partial charge on any atom is -0.484 e. The van der Waals surface area contributed by atoms with Crippen molar-refractivity contribution < 1.29 is 9.53 Å². The van der Waals surface area contributed by atoms with Crippen molar-refractivity contribution in [2.45, 2.75) is 13.3 Å². The summed E-state index contributed by atoms with van der Waals surface area (Å²) in [5.74, 6) is 0.724. The summed E-state index contributed by atoms with van der Waals surface area (Å²) in [6.45, 7) is 2.18. The summed E-state index contributed by atoms with van der Waals surface area (Å²) in [5.41, 5.74) is 1.21. The molecule has 0 atom stereocenters. The maximum Gasteiger partial charge on any atom is 0.259 e. The van der Waals surface area contributed by atoms with Crippen LogP contribution in [0.3, 0.4) is 0 Å². The van der Waals surface area contributed by atoms with Gasteiger partial charge in [0.25, 0.3) is 5.91 Å². The summed E-state index contributed by atoms with van der Waals surface area (Å²) in [6, 6.07) is 7.81. The molecule has 0 bridgehead atoms. The smallest absolute Gasteiger partial charge is 0.259 e. The van der Waals surface area contributed by atoms with Crippen LogP contribution in [0, 0.1) is 0 Å². The van der Waals surface area contributed by atoms with E-state index in [1.165, 1.54) is 10.5 Å². The average Bonchev–Trinajstić information content (AvgIpc) is 2.26. The van der Waals surface area contributed by atoms with Crippen molar-refractivity contribution in [1.29, 1.82) is 0 Å². The Bertz CT molecular complexity index is 334. The fraction of sp³-hybridized carbons (Fsp3) is 0.417. The van der Waals surface area contributed by atoms with Crippen LogP contribution < -0.4 is 4.74 Å². The van der Waals surface area contributed by atoms with E-state index in [0.717, 1.165) is 12.2 Å². The first-order valence-corrected chi connectivity index (χ1v) is 5.05. The molecule has 0 heterocycles. The van der Waals surface area contributed by atoms with Crippen LogP contribution in [0.25, 0.3) is 0 Å². The maximum absolute atomic E-state index is 11.3. The number of likely N-dealkylation sites (N-methyl/N-ethyl adjacent to an activating group) is 1. The van der Waals surface area contributed by atoms with Crippen LogP contribution in [-0.4, -0.2) is 31.5 Å². The Labute approximate surface area is 90.7 Å². The van der Waals surface area contributed by atoms with Crippen LogP contribution >= 0.6 is 0 Å². The molecule has 0 fully saturated rings. The van der Waals surface area contributed by atoms with Crippen LogP contribution in [0.1, 0.15) is 12.5 Å². The lowest BCUT2D eigenvalue weighted by Crippen LogP contribution is -2.27. The topological polar surface area (TPSA) is 29.5 Å². The lowest BCUT2D eigenvalue weighted by Gasteiger charge is -2.11. The minimum absolute atomic E-state index is 0.0306. The van der Waals surface area contributed by atoms with Crippen molar-refractivity contribution in [3.8, 4) is 5.75 Å². The van der Waals surface area contributed by atoms with Crippen molar-refractivity contribution in [1.82, 2.24) is 4.90 Å². The molecule has 82 valence electrons. The molecule has 0 aromatic heterocycles. The van der Waals surface area contributed by atoms with Crippen molar-refractivity contribution in [2.75, 3.05) is 20.7 Å². The normalized spacial score (nSPS) is 9.80. The first kappa shape index (κ1) is 11.6. The van der Waals surface area contributed by atoms with E-state index >= 15 is 0 Å². The molecule has 0 aliphatic rings. The number of hydrogen-bond acceptors (Lipinski definition) is 2. The zero-order valence-electron chi connectivity index (χ0n) is 9.49. The van der Waals surface area contributed by atoms with Gasteiger partial charge >= 0.3 is 0 Å². The molecule has 0 saturated heterocycles. The lowest BCUT2D eigenvalue weighted by atomic mass is 10.2. The van der Waals surface area contributed by atoms with E-state index in [9.17, 15) is 4.79 Å². The Kier molecular flexibility index (Phi) is 4.16. The van der Waals surface area contributed by atoms with Gasteiger partial charge in [-0.3, -0.25) is 4.79 Å². The highest BCUT2D eigenvalue weighted by atomic mass is 16.5. The fourth-order valence-electron chi connectivity index (χ4n) is 1.13. The third-order valence-electron chi connectivity index (χ3n) is 2.17. The standard InChI is InChI=1S/C12H17NO2/c1-4-10-6-5-7-11(8-10)15-9-12(14)13(2)3/h5-8H,4,9H2,1-3H3. The van der Waals surface area contributed by atoms with E-state index in [1.54, 1.807) is 14.1 Å². The first-order valence-electron chi connectivity index (χ1n) is 5.05. The van der Waals surface area contributed by atoms with Crippen molar-refractivity contribution >= 4 is 5.91 Å². The number of carbonyl (C=O) groups is 1. The van der Waals surface area contributed by atoms with Gasteiger partial charge in [-0.2, -0.15) is 0 Å². The zero-order valence-corrected chi connectivity index (χ0v) is 9.49. The molecule has 0 N–H and O–H groups in total. The zero-order chi connectivity index (χ0) is 11.3. The first-order chi connectivity index (χ1) is 7.13. The van der Waals surface area contributed by atoms with Gasteiger partial charge in [0.1, 0.15) is 5.75 Å². The lowest BCUT2D eigenvalue weighted by molar-refractivity contribution is -0.130. The van der Waals surface area contributed by atoms with Crippen molar-refractivity contribution in [3.05, 3.63) is 29.8 Å². The van der Waals surface area contributed by atoms with Crippen LogP contribution in [0.4, 0.5) is 0 Å². The number of benzene rings is 1. The molecule has 1 rings (SSSR count). The molecule has 1 amide bonds. The quantitative estimate of drug-likeness (QED) is 0.752. The predicted molar refractivity (Wildman–Crippen MR) is 60.0 cm³/mol. The molecule has 0 radical (unpaired) electrons. The van der Waals surface area contributed by atoms with E-state index in [0.29, 0.717) is 0 Å². The van der Waals surface area contributed by atoms with Crippen LogP contribution in [-0.2, 0) is 11.2 Å². The molecule has 1 aromatic rings. The van der Waals surface area contributed by atoms with Gasteiger partial charge in [-0.1, -0.05) is 19.1 Å². The fourth-order valence-corrected chi connectivity index (χ4v) is 1.13. The largest absolute Gasteiger partial charge is 0.484 e. The van der Waals surface area contributed by atoms with E-state index in [4.69, 9.17) is 4.74 Å². The van der Waals surface area contributed by atoms with Gasteiger partial charge in [-0.05, 0) is 24.1 Å². The molecule has 0 saturated carbocycles. The molecule has 0 aliphatic heterocycles. The van der Waals surface area contributed by atoms with Crippen molar-refractivity contribution in [2.24, 2.45) is 0 Å². The number of nitrogens with zero attached hydrogens (tertiary/aromatic N) is 1. The average molecular weight is 207 g/mol. The second kappa shape index (κ2) is 5.39. The summed E-state index contributed by atoms with van der Waals surface area (Å²) in [6.07, 6.45) is 0.971. The molecule has 15 heavy (non-hydrogen) atoms. The molecule has 0 aliphatic carbocycles. The second-order valence-electron chi connectivity index (χ2n) is 3.58. The number of amides is 1. The molecular weight excluding hydrogens is 190 g/mol. The highest BCUT2D eigenvalue weighted by Crippen LogP contribution is 2.13.